The van der Waals surface area contributed by atoms with Crippen LogP contribution >= 0.6 is 0 Å². The van der Waals surface area contributed by atoms with Crippen molar-refractivity contribution in [2.24, 2.45) is 10.9 Å². The molecule has 0 bridgehead atoms. The zero-order valence-electron chi connectivity index (χ0n) is 14.5. The molecule has 0 radical (unpaired) electrons. The van der Waals surface area contributed by atoms with Gasteiger partial charge in [0, 0.05) is 42.5 Å². The van der Waals surface area contributed by atoms with E-state index >= 15 is 0 Å². The second-order valence-electron chi connectivity index (χ2n) is 6.36. The van der Waals surface area contributed by atoms with Gasteiger partial charge in [-0.3, -0.25) is 14.8 Å². The topological polar surface area (TPSA) is 106 Å². The summed E-state index contributed by atoms with van der Waals surface area (Å²) in [7, 11) is 0. The Morgan fingerprint density at radius 2 is 1.93 bits per heavy atom. The second-order valence-corrected chi connectivity index (χ2v) is 6.36. The number of hydrogen-bond acceptors (Lipinski definition) is 6. The van der Waals surface area contributed by atoms with Gasteiger partial charge in [-0.05, 0) is 54.3 Å². The number of nitrogen functional groups attached to an aromatic ring is 1. The van der Waals surface area contributed by atoms with Gasteiger partial charge < -0.3 is 11.1 Å². The van der Waals surface area contributed by atoms with E-state index in [1.807, 2.05) is 24.3 Å². The molecule has 1 amide bonds. The van der Waals surface area contributed by atoms with E-state index in [2.05, 4.69) is 25.3 Å². The molecule has 7 nitrogen and oxygen atoms in total. The van der Waals surface area contributed by atoms with E-state index in [1.165, 1.54) is 0 Å². The summed E-state index contributed by atoms with van der Waals surface area (Å²) in [5.41, 5.74) is 9.24. The van der Waals surface area contributed by atoms with Crippen molar-refractivity contribution in [3.8, 4) is 11.1 Å². The first-order valence-electron chi connectivity index (χ1n) is 8.66. The predicted octanol–water partition coefficient (Wildman–Crippen LogP) is 3.22. The van der Waals surface area contributed by atoms with Crippen LogP contribution in [0.1, 0.15) is 18.4 Å². The van der Waals surface area contributed by atoms with E-state index in [-0.39, 0.29) is 11.8 Å². The quantitative estimate of drug-likeness (QED) is 0.681. The molecule has 134 valence electrons. The van der Waals surface area contributed by atoms with Gasteiger partial charge in [0.05, 0.1) is 0 Å². The van der Waals surface area contributed by atoms with Crippen molar-refractivity contribution in [1.82, 2.24) is 15.0 Å². The SMILES string of the molecule is Nc1ncc(-c2ccncc2)cc1N=Cc1ccnc(NC(=O)C2CC2)c1. The van der Waals surface area contributed by atoms with E-state index in [0.29, 0.717) is 17.3 Å². The number of nitrogens with zero attached hydrogens (tertiary/aromatic N) is 4. The van der Waals surface area contributed by atoms with Crippen molar-refractivity contribution in [3.63, 3.8) is 0 Å². The molecule has 0 unspecified atom stereocenters. The van der Waals surface area contributed by atoms with E-state index in [9.17, 15) is 4.79 Å². The third-order valence-electron chi connectivity index (χ3n) is 4.25. The first kappa shape index (κ1) is 16.8. The van der Waals surface area contributed by atoms with E-state index < -0.39 is 0 Å². The summed E-state index contributed by atoms with van der Waals surface area (Å²) in [5.74, 6) is 1.02. The largest absolute Gasteiger partial charge is 0.382 e. The van der Waals surface area contributed by atoms with Gasteiger partial charge in [-0.25, -0.2) is 9.97 Å². The molecular weight excluding hydrogens is 340 g/mol. The van der Waals surface area contributed by atoms with Crippen LogP contribution in [0, 0.1) is 5.92 Å². The maximum atomic E-state index is 11.9. The van der Waals surface area contributed by atoms with Crippen LogP contribution in [0.25, 0.3) is 11.1 Å². The number of rotatable bonds is 5. The zero-order valence-corrected chi connectivity index (χ0v) is 14.5. The number of amides is 1. The van der Waals surface area contributed by atoms with E-state index in [4.69, 9.17) is 5.73 Å². The van der Waals surface area contributed by atoms with Crippen molar-refractivity contribution in [2.75, 3.05) is 11.1 Å². The Hall–Kier alpha value is -3.61. The number of carbonyl (C=O) groups is 1. The van der Waals surface area contributed by atoms with Crippen LogP contribution in [-0.4, -0.2) is 27.1 Å². The smallest absolute Gasteiger partial charge is 0.228 e. The number of pyridine rings is 3. The Balaban J connectivity index is 1.55. The highest BCUT2D eigenvalue weighted by atomic mass is 16.2. The molecule has 4 rings (SSSR count). The molecule has 27 heavy (non-hydrogen) atoms. The lowest BCUT2D eigenvalue weighted by molar-refractivity contribution is -0.117. The lowest BCUT2D eigenvalue weighted by Gasteiger charge is -2.05. The Morgan fingerprint density at radius 3 is 2.70 bits per heavy atom. The molecule has 3 aromatic heterocycles. The summed E-state index contributed by atoms with van der Waals surface area (Å²) < 4.78 is 0. The predicted molar refractivity (Wildman–Crippen MR) is 105 cm³/mol. The summed E-state index contributed by atoms with van der Waals surface area (Å²) in [6.45, 7) is 0. The van der Waals surface area contributed by atoms with Gasteiger partial charge in [-0.1, -0.05) is 0 Å². The lowest BCUT2D eigenvalue weighted by atomic mass is 10.1. The molecule has 3 aromatic rings. The van der Waals surface area contributed by atoms with Gasteiger partial charge in [-0.15, -0.1) is 0 Å². The van der Waals surface area contributed by atoms with Crippen LogP contribution in [0.5, 0.6) is 0 Å². The van der Waals surface area contributed by atoms with Crippen molar-refractivity contribution in [2.45, 2.75) is 12.8 Å². The molecule has 3 N–H and O–H groups in total. The van der Waals surface area contributed by atoms with Crippen molar-refractivity contribution in [1.29, 1.82) is 0 Å². The second kappa shape index (κ2) is 7.33. The Morgan fingerprint density at radius 1 is 1.11 bits per heavy atom. The molecule has 1 saturated carbocycles. The Labute approximate surface area is 156 Å². The first-order chi connectivity index (χ1) is 13.2. The van der Waals surface area contributed by atoms with E-state index in [1.54, 1.807) is 37.1 Å². The first-order valence-corrected chi connectivity index (χ1v) is 8.66. The third-order valence-corrected chi connectivity index (χ3v) is 4.25. The summed E-state index contributed by atoms with van der Waals surface area (Å²) in [4.78, 5) is 28.8. The van der Waals surface area contributed by atoms with Crippen LogP contribution < -0.4 is 11.1 Å². The molecule has 0 atom stereocenters. The molecule has 1 aliphatic rings. The van der Waals surface area contributed by atoms with Crippen LogP contribution in [0.3, 0.4) is 0 Å². The van der Waals surface area contributed by atoms with Gasteiger partial charge in [0.25, 0.3) is 0 Å². The minimum Gasteiger partial charge on any atom is -0.382 e. The highest BCUT2D eigenvalue weighted by Crippen LogP contribution is 2.30. The standard InChI is InChI=1S/C20H18N6O/c21-19-17(10-16(12-25-19)14-4-6-22-7-5-14)24-11-13-3-8-23-18(9-13)26-20(27)15-1-2-15/h3-12,15H,1-2H2,(H2,21,25)(H,23,26,27). The molecule has 0 aliphatic heterocycles. The fourth-order valence-electron chi connectivity index (χ4n) is 2.58. The molecule has 1 aliphatic carbocycles. The molecule has 7 heteroatoms. The highest BCUT2D eigenvalue weighted by molar-refractivity contribution is 5.94. The van der Waals surface area contributed by atoms with Crippen LogP contribution in [0.4, 0.5) is 17.3 Å². The van der Waals surface area contributed by atoms with Crippen molar-refractivity contribution >= 4 is 29.4 Å². The Kier molecular flexibility index (Phi) is 4.57. The Bertz CT molecular complexity index is 998. The summed E-state index contributed by atoms with van der Waals surface area (Å²) in [6.07, 6.45) is 10.4. The summed E-state index contributed by atoms with van der Waals surface area (Å²) >= 11 is 0. The van der Waals surface area contributed by atoms with Crippen LogP contribution in [0.2, 0.25) is 0 Å². The number of hydrogen-bond donors (Lipinski definition) is 2. The summed E-state index contributed by atoms with van der Waals surface area (Å²) in [6, 6.07) is 9.27. The molecular formula is C20H18N6O. The minimum atomic E-state index is 0.0232. The molecule has 0 saturated heterocycles. The van der Waals surface area contributed by atoms with Gasteiger partial charge >= 0.3 is 0 Å². The molecule has 3 heterocycles. The van der Waals surface area contributed by atoms with Gasteiger partial charge in [-0.2, -0.15) is 0 Å². The molecule has 0 spiro atoms. The van der Waals surface area contributed by atoms with E-state index in [0.717, 1.165) is 29.5 Å². The molecule has 1 fully saturated rings. The van der Waals surface area contributed by atoms with Crippen molar-refractivity contribution in [3.05, 3.63) is 60.7 Å². The highest BCUT2D eigenvalue weighted by Gasteiger charge is 2.29. The van der Waals surface area contributed by atoms with Gasteiger partial charge in [0.2, 0.25) is 5.91 Å². The normalized spacial score (nSPS) is 13.6. The molecule has 0 aromatic carbocycles. The number of aromatic nitrogens is 3. The summed E-state index contributed by atoms with van der Waals surface area (Å²) in [5, 5.41) is 2.83. The fourth-order valence-corrected chi connectivity index (χ4v) is 2.58. The number of carbonyl (C=O) groups excluding carboxylic acids is 1. The maximum absolute atomic E-state index is 11.9. The number of anilines is 2. The lowest BCUT2D eigenvalue weighted by Crippen LogP contribution is -2.14. The average Bonchev–Trinajstić information content (AvgIpc) is 3.54. The van der Waals surface area contributed by atoms with Crippen LogP contribution in [-0.2, 0) is 4.79 Å². The zero-order chi connectivity index (χ0) is 18.6. The maximum Gasteiger partial charge on any atom is 0.228 e. The number of nitrogens with two attached hydrogens (primary N) is 1. The third kappa shape index (κ3) is 4.14. The monoisotopic (exact) mass is 358 g/mol. The van der Waals surface area contributed by atoms with Gasteiger partial charge in [0.15, 0.2) is 0 Å². The number of nitrogens with one attached hydrogen (secondary N) is 1. The average molecular weight is 358 g/mol. The minimum absolute atomic E-state index is 0.0232. The van der Waals surface area contributed by atoms with Crippen molar-refractivity contribution < 1.29 is 4.79 Å². The van der Waals surface area contributed by atoms with Gasteiger partial charge in [0.1, 0.15) is 17.3 Å². The fraction of sp³-hybridized carbons (Fsp3) is 0.150. The van der Waals surface area contributed by atoms with Crippen LogP contribution in [0.15, 0.2) is 60.1 Å². The number of aliphatic imine (C=N–C) groups is 1.